The van der Waals surface area contributed by atoms with E-state index in [1.165, 1.54) is 12.1 Å². The minimum atomic E-state index is -0.982. The first-order valence-electron chi connectivity index (χ1n) is 5.68. The Kier molecular flexibility index (Phi) is 3.97. The summed E-state index contributed by atoms with van der Waals surface area (Å²) < 4.78 is 0. The SMILES string of the molecule is O=C(O)c1ccc(CC(=O)c2ccccc2Cl)cc1. The standard InChI is InChI=1S/C15H11ClO3/c16-13-4-2-1-3-12(13)14(17)9-10-5-7-11(8-6-10)15(18)19/h1-8H,9H2,(H,18,19). The van der Waals surface area contributed by atoms with Gasteiger partial charge >= 0.3 is 5.97 Å². The zero-order chi connectivity index (χ0) is 13.8. The average Bonchev–Trinajstić information content (AvgIpc) is 2.39. The van der Waals surface area contributed by atoms with E-state index in [4.69, 9.17) is 16.7 Å². The van der Waals surface area contributed by atoms with Crippen LogP contribution in [0.1, 0.15) is 26.3 Å². The van der Waals surface area contributed by atoms with Crippen molar-refractivity contribution in [3.63, 3.8) is 0 Å². The molecular weight excluding hydrogens is 264 g/mol. The molecule has 0 aliphatic carbocycles. The Balaban J connectivity index is 2.15. The molecule has 2 aromatic carbocycles. The molecule has 4 heteroatoms. The third kappa shape index (κ3) is 3.20. The molecule has 0 atom stereocenters. The van der Waals surface area contributed by atoms with Crippen LogP contribution in [0.25, 0.3) is 0 Å². The lowest BCUT2D eigenvalue weighted by Gasteiger charge is -2.04. The maximum absolute atomic E-state index is 12.1. The summed E-state index contributed by atoms with van der Waals surface area (Å²) in [6, 6.07) is 13.1. The maximum atomic E-state index is 12.1. The largest absolute Gasteiger partial charge is 0.478 e. The maximum Gasteiger partial charge on any atom is 0.335 e. The second-order valence-corrected chi connectivity index (χ2v) is 4.49. The van der Waals surface area contributed by atoms with E-state index in [0.29, 0.717) is 10.6 Å². The fourth-order valence-corrected chi connectivity index (χ4v) is 1.97. The molecule has 0 fully saturated rings. The van der Waals surface area contributed by atoms with Gasteiger partial charge in [0, 0.05) is 12.0 Å². The van der Waals surface area contributed by atoms with Crippen molar-refractivity contribution >= 4 is 23.4 Å². The van der Waals surface area contributed by atoms with Gasteiger partial charge in [0.05, 0.1) is 10.6 Å². The summed E-state index contributed by atoms with van der Waals surface area (Å²) in [5.74, 6) is -1.07. The number of carboxylic acids is 1. The summed E-state index contributed by atoms with van der Waals surface area (Å²) in [6.07, 6.45) is 0.198. The van der Waals surface area contributed by atoms with E-state index in [2.05, 4.69) is 0 Å². The van der Waals surface area contributed by atoms with Crippen LogP contribution in [-0.2, 0) is 6.42 Å². The molecule has 2 aromatic rings. The highest BCUT2D eigenvalue weighted by molar-refractivity contribution is 6.34. The Morgan fingerprint density at radius 1 is 1.00 bits per heavy atom. The van der Waals surface area contributed by atoms with Crippen molar-refractivity contribution in [3.8, 4) is 0 Å². The smallest absolute Gasteiger partial charge is 0.335 e. The van der Waals surface area contributed by atoms with Crippen LogP contribution in [-0.4, -0.2) is 16.9 Å². The summed E-state index contributed by atoms with van der Waals surface area (Å²) in [5, 5.41) is 9.21. The molecule has 0 saturated carbocycles. The number of benzene rings is 2. The van der Waals surface area contributed by atoms with Gasteiger partial charge in [-0.25, -0.2) is 4.79 Å². The number of carboxylic acid groups (broad SMARTS) is 1. The van der Waals surface area contributed by atoms with Crippen LogP contribution >= 0.6 is 11.6 Å². The van der Waals surface area contributed by atoms with Crippen molar-refractivity contribution in [2.45, 2.75) is 6.42 Å². The molecule has 0 saturated heterocycles. The van der Waals surface area contributed by atoms with Crippen LogP contribution < -0.4 is 0 Å². The summed E-state index contributed by atoms with van der Waals surface area (Å²) in [4.78, 5) is 22.8. The molecule has 0 unspecified atom stereocenters. The number of ketones is 1. The van der Waals surface area contributed by atoms with E-state index in [0.717, 1.165) is 5.56 Å². The fourth-order valence-electron chi connectivity index (χ4n) is 1.73. The van der Waals surface area contributed by atoms with Crippen LogP contribution in [0.3, 0.4) is 0 Å². The van der Waals surface area contributed by atoms with Crippen LogP contribution in [0, 0.1) is 0 Å². The second-order valence-electron chi connectivity index (χ2n) is 4.08. The van der Waals surface area contributed by atoms with Crippen molar-refractivity contribution in [2.75, 3.05) is 0 Å². The quantitative estimate of drug-likeness (QED) is 0.869. The first-order valence-corrected chi connectivity index (χ1v) is 6.05. The molecule has 3 nitrogen and oxygen atoms in total. The molecule has 2 rings (SSSR count). The van der Waals surface area contributed by atoms with Crippen molar-refractivity contribution < 1.29 is 14.7 Å². The number of hydrogen-bond donors (Lipinski definition) is 1. The zero-order valence-corrected chi connectivity index (χ0v) is 10.7. The molecule has 0 aliphatic heterocycles. The molecular formula is C15H11ClO3. The molecule has 1 N–H and O–H groups in total. The summed E-state index contributed by atoms with van der Waals surface area (Å²) in [7, 11) is 0. The number of halogens is 1. The van der Waals surface area contributed by atoms with Crippen molar-refractivity contribution in [2.24, 2.45) is 0 Å². The van der Waals surface area contributed by atoms with Crippen molar-refractivity contribution in [1.29, 1.82) is 0 Å². The second kappa shape index (κ2) is 5.67. The lowest BCUT2D eigenvalue weighted by atomic mass is 10.0. The van der Waals surface area contributed by atoms with Gasteiger partial charge in [-0.2, -0.15) is 0 Å². The van der Waals surface area contributed by atoms with Gasteiger partial charge < -0.3 is 5.11 Å². The van der Waals surface area contributed by atoms with Crippen LogP contribution in [0.5, 0.6) is 0 Å². The number of Topliss-reactive ketones (excluding diaryl/α,β-unsaturated/α-hetero) is 1. The highest BCUT2D eigenvalue weighted by Crippen LogP contribution is 2.17. The Labute approximate surface area is 115 Å². The number of rotatable bonds is 4. The van der Waals surface area contributed by atoms with Crippen LogP contribution in [0.2, 0.25) is 5.02 Å². The minimum Gasteiger partial charge on any atom is -0.478 e. The number of carbonyl (C=O) groups is 2. The molecule has 0 amide bonds. The number of carbonyl (C=O) groups excluding carboxylic acids is 1. The molecule has 19 heavy (non-hydrogen) atoms. The minimum absolute atomic E-state index is 0.0892. The highest BCUT2D eigenvalue weighted by atomic mass is 35.5. The van der Waals surface area contributed by atoms with Gasteiger partial charge in [0.1, 0.15) is 0 Å². The molecule has 0 heterocycles. The van der Waals surface area contributed by atoms with Gasteiger partial charge in [-0.3, -0.25) is 4.79 Å². The van der Waals surface area contributed by atoms with Crippen LogP contribution in [0.4, 0.5) is 0 Å². The van der Waals surface area contributed by atoms with Gasteiger partial charge in [0.2, 0.25) is 0 Å². The molecule has 0 aromatic heterocycles. The molecule has 0 aliphatic rings. The Morgan fingerprint density at radius 2 is 1.63 bits per heavy atom. The molecule has 96 valence electrons. The number of aromatic carboxylic acids is 1. The van der Waals surface area contributed by atoms with E-state index in [1.54, 1.807) is 36.4 Å². The summed E-state index contributed by atoms with van der Waals surface area (Å²) in [5.41, 5.74) is 1.44. The Morgan fingerprint density at radius 3 is 2.21 bits per heavy atom. The fraction of sp³-hybridized carbons (Fsp3) is 0.0667. The van der Waals surface area contributed by atoms with E-state index in [-0.39, 0.29) is 17.8 Å². The average molecular weight is 275 g/mol. The van der Waals surface area contributed by atoms with E-state index < -0.39 is 5.97 Å². The van der Waals surface area contributed by atoms with Crippen molar-refractivity contribution in [1.82, 2.24) is 0 Å². The van der Waals surface area contributed by atoms with Crippen LogP contribution in [0.15, 0.2) is 48.5 Å². The van der Waals surface area contributed by atoms with E-state index >= 15 is 0 Å². The monoisotopic (exact) mass is 274 g/mol. The molecule has 0 radical (unpaired) electrons. The van der Waals surface area contributed by atoms with E-state index in [1.807, 2.05) is 0 Å². The molecule has 0 bridgehead atoms. The predicted molar refractivity (Wildman–Crippen MR) is 72.9 cm³/mol. The van der Waals surface area contributed by atoms with Gasteiger partial charge in [-0.1, -0.05) is 35.9 Å². The lowest BCUT2D eigenvalue weighted by Crippen LogP contribution is -2.04. The lowest BCUT2D eigenvalue weighted by molar-refractivity contribution is 0.0696. The Bertz CT molecular complexity index is 618. The number of hydrogen-bond acceptors (Lipinski definition) is 2. The topological polar surface area (TPSA) is 54.4 Å². The van der Waals surface area contributed by atoms with E-state index in [9.17, 15) is 9.59 Å². The summed E-state index contributed by atoms with van der Waals surface area (Å²) >= 11 is 5.95. The summed E-state index contributed by atoms with van der Waals surface area (Å²) in [6.45, 7) is 0. The third-order valence-corrected chi connectivity index (χ3v) is 3.07. The van der Waals surface area contributed by atoms with Gasteiger partial charge in [-0.05, 0) is 29.8 Å². The first kappa shape index (κ1) is 13.3. The van der Waals surface area contributed by atoms with Gasteiger partial charge in [0.25, 0.3) is 0 Å². The third-order valence-electron chi connectivity index (χ3n) is 2.74. The zero-order valence-electron chi connectivity index (χ0n) is 9.97. The Hall–Kier alpha value is -2.13. The first-order chi connectivity index (χ1) is 9.08. The predicted octanol–water partition coefficient (Wildman–Crippen LogP) is 3.46. The van der Waals surface area contributed by atoms with Crippen molar-refractivity contribution in [3.05, 3.63) is 70.2 Å². The van der Waals surface area contributed by atoms with Gasteiger partial charge in [-0.15, -0.1) is 0 Å². The highest BCUT2D eigenvalue weighted by Gasteiger charge is 2.11. The van der Waals surface area contributed by atoms with Gasteiger partial charge in [0.15, 0.2) is 5.78 Å². The normalized spacial score (nSPS) is 10.2. The molecule has 0 spiro atoms.